The van der Waals surface area contributed by atoms with Crippen molar-refractivity contribution in [2.75, 3.05) is 26.2 Å². The number of hydrogen-bond donors (Lipinski definition) is 1. The van der Waals surface area contributed by atoms with Gasteiger partial charge >= 0.3 is 0 Å². The monoisotopic (exact) mass is 328 g/mol. The molecule has 1 aliphatic rings. The lowest BCUT2D eigenvalue weighted by Crippen LogP contribution is -2.45. The van der Waals surface area contributed by atoms with E-state index in [1.54, 1.807) is 18.2 Å². The van der Waals surface area contributed by atoms with E-state index in [0.717, 1.165) is 37.1 Å². The first kappa shape index (κ1) is 14.9. The van der Waals surface area contributed by atoms with Crippen LogP contribution < -0.4 is 5.32 Å². The minimum atomic E-state index is -0.810. The quantitative estimate of drug-likeness (QED) is 0.924. The summed E-state index contributed by atoms with van der Waals surface area (Å²) in [4.78, 5) is 3.10. The Hall–Kier alpha value is -1.01. The van der Waals surface area contributed by atoms with Crippen LogP contribution in [0.2, 0.25) is 4.34 Å². The number of nitrogens with zero attached hydrogens (tertiary/aromatic N) is 1. The molecule has 0 spiro atoms. The third kappa shape index (κ3) is 3.11. The number of piperazine rings is 1. The van der Waals surface area contributed by atoms with Gasteiger partial charge in [0.2, 0.25) is 0 Å². The van der Waals surface area contributed by atoms with Crippen molar-refractivity contribution >= 4 is 22.9 Å². The van der Waals surface area contributed by atoms with Crippen LogP contribution in [0.5, 0.6) is 0 Å². The van der Waals surface area contributed by atoms with E-state index in [1.807, 2.05) is 6.07 Å². The van der Waals surface area contributed by atoms with Gasteiger partial charge in [-0.2, -0.15) is 0 Å². The highest BCUT2D eigenvalue weighted by molar-refractivity contribution is 7.16. The van der Waals surface area contributed by atoms with Crippen LogP contribution in [0.15, 0.2) is 30.3 Å². The van der Waals surface area contributed by atoms with Crippen molar-refractivity contribution in [3.8, 4) is 0 Å². The molecular weight excluding hydrogens is 314 g/mol. The molecule has 1 atom stereocenters. The Kier molecular flexibility index (Phi) is 4.54. The van der Waals surface area contributed by atoms with Gasteiger partial charge in [-0.3, -0.25) is 4.90 Å². The Labute approximate surface area is 131 Å². The van der Waals surface area contributed by atoms with E-state index < -0.39 is 11.6 Å². The molecule has 2 aromatic rings. The van der Waals surface area contributed by atoms with Crippen molar-refractivity contribution in [3.63, 3.8) is 0 Å². The lowest BCUT2D eigenvalue weighted by molar-refractivity contribution is 0.197. The molecule has 1 aliphatic heterocycles. The zero-order valence-corrected chi connectivity index (χ0v) is 12.9. The van der Waals surface area contributed by atoms with E-state index in [1.165, 1.54) is 11.3 Å². The first-order valence-corrected chi connectivity index (χ1v) is 8.00. The summed E-state index contributed by atoms with van der Waals surface area (Å²) in [7, 11) is 0. The Balaban J connectivity index is 2.04. The lowest BCUT2D eigenvalue weighted by Gasteiger charge is -2.34. The van der Waals surface area contributed by atoms with Gasteiger partial charge in [-0.1, -0.05) is 23.7 Å². The topological polar surface area (TPSA) is 15.3 Å². The summed E-state index contributed by atoms with van der Waals surface area (Å²) in [5.74, 6) is -1.58. The van der Waals surface area contributed by atoms with Gasteiger partial charge in [0.05, 0.1) is 10.4 Å². The molecule has 1 saturated heterocycles. The summed E-state index contributed by atoms with van der Waals surface area (Å²) in [5.41, 5.74) is 0.371. The second kappa shape index (κ2) is 6.40. The fourth-order valence-corrected chi connectivity index (χ4v) is 3.89. The minimum Gasteiger partial charge on any atom is -0.314 e. The van der Waals surface area contributed by atoms with Crippen LogP contribution in [-0.2, 0) is 0 Å². The molecule has 0 bridgehead atoms. The maximum atomic E-state index is 14.3. The highest BCUT2D eigenvalue weighted by Gasteiger charge is 2.28. The lowest BCUT2D eigenvalue weighted by atomic mass is 10.0. The van der Waals surface area contributed by atoms with E-state index in [9.17, 15) is 8.78 Å². The number of hydrogen-bond acceptors (Lipinski definition) is 3. The van der Waals surface area contributed by atoms with E-state index >= 15 is 0 Å². The molecule has 6 heteroatoms. The fourth-order valence-electron chi connectivity index (χ4n) is 2.68. The Morgan fingerprint density at radius 2 is 1.90 bits per heavy atom. The summed E-state index contributed by atoms with van der Waals surface area (Å²) < 4.78 is 28.5. The SMILES string of the molecule is Fc1cccc([C@H](c2ccc(Cl)s2)N2CCNCC2)c1F. The maximum Gasteiger partial charge on any atom is 0.163 e. The predicted molar refractivity (Wildman–Crippen MR) is 82.0 cm³/mol. The largest absolute Gasteiger partial charge is 0.314 e. The van der Waals surface area contributed by atoms with Crippen molar-refractivity contribution in [2.45, 2.75) is 6.04 Å². The van der Waals surface area contributed by atoms with Gasteiger partial charge in [0, 0.05) is 36.6 Å². The minimum absolute atomic E-state index is 0.291. The molecular formula is C15H15ClF2N2S. The van der Waals surface area contributed by atoms with Crippen LogP contribution >= 0.6 is 22.9 Å². The second-order valence-electron chi connectivity index (χ2n) is 4.97. The molecule has 0 unspecified atom stereocenters. The van der Waals surface area contributed by atoms with Crippen molar-refractivity contribution in [1.82, 2.24) is 10.2 Å². The molecule has 112 valence electrons. The van der Waals surface area contributed by atoms with Gasteiger partial charge in [-0.25, -0.2) is 8.78 Å². The molecule has 0 saturated carbocycles. The number of rotatable bonds is 3. The average Bonchev–Trinajstić information content (AvgIpc) is 2.91. The highest BCUT2D eigenvalue weighted by atomic mass is 35.5. The van der Waals surface area contributed by atoms with Gasteiger partial charge in [0.1, 0.15) is 0 Å². The fraction of sp³-hybridized carbons (Fsp3) is 0.333. The van der Waals surface area contributed by atoms with Crippen molar-refractivity contribution in [2.24, 2.45) is 0 Å². The summed E-state index contributed by atoms with van der Waals surface area (Å²) in [6.07, 6.45) is 0. The van der Waals surface area contributed by atoms with E-state index in [0.29, 0.717) is 9.90 Å². The molecule has 0 radical (unpaired) electrons. The van der Waals surface area contributed by atoms with Crippen LogP contribution in [0.1, 0.15) is 16.5 Å². The van der Waals surface area contributed by atoms with Crippen LogP contribution in [0, 0.1) is 11.6 Å². The average molecular weight is 329 g/mol. The van der Waals surface area contributed by atoms with Crippen molar-refractivity contribution in [3.05, 3.63) is 56.7 Å². The Bertz CT molecular complexity index is 626. The Morgan fingerprint density at radius 1 is 1.14 bits per heavy atom. The number of benzene rings is 1. The molecule has 21 heavy (non-hydrogen) atoms. The standard InChI is InChI=1S/C15H15ClF2N2S/c16-13-5-4-12(21-13)15(20-8-6-19-7-9-20)10-2-1-3-11(17)14(10)18/h1-5,15,19H,6-9H2/t15-/m1/s1. The van der Waals surface area contributed by atoms with Gasteiger partial charge in [-0.05, 0) is 18.2 Å². The summed E-state index contributed by atoms with van der Waals surface area (Å²) in [5, 5.41) is 3.27. The van der Waals surface area contributed by atoms with E-state index in [2.05, 4.69) is 10.2 Å². The summed E-state index contributed by atoms with van der Waals surface area (Å²) in [6.45, 7) is 3.26. The normalized spacial score (nSPS) is 17.9. The first-order valence-electron chi connectivity index (χ1n) is 6.81. The van der Waals surface area contributed by atoms with Gasteiger partial charge in [-0.15, -0.1) is 11.3 Å². The number of halogens is 3. The second-order valence-corrected chi connectivity index (χ2v) is 6.72. The molecule has 1 N–H and O–H groups in total. The summed E-state index contributed by atoms with van der Waals surface area (Å²) in [6, 6.07) is 7.75. The molecule has 0 amide bonds. The molecule has 1 fully saturated rings. The van der Waals surface area contributed by atoms with Crippen molar-refractivity contribution in [1.29, 1.82) is 0 Å². The predicted octanol–water partition coefficient (Wildman–Crippen LogP) is 3.67. The van der Waals surface area contributed by atoms with Crippen molar-refractivity contribution < 1.29 is 8.78 Å². The van der Waals surface area contributed by atoms with Crippen LogP contribution in [-0.4, -0.2) is 31.1 Å². The summed E-state index contributed by atoms with van der Waals surface area (Å²) >= 11 is 7.43. The molecule has 0 aliphatic carbocycles. The molecule has 2 nitrogen and oxygen atoms in total. The first-order chi connectivity index (χ1) is 10.2. The van der Waals surface area contributed by atoms with Gasteiger partial charge < -0.3 is 5.32 Å². The van der Waals surface area contributed by atoms with Gasteiger partial charge in [0.25, 0.3) is 0 Å². The molecule has 1 aromatic carbocycles. The van der Waals surface area contributed by atoms with Crippen LogP contribution in [0.3, 0.4) is 0 Å². The van der Waals surface area contributed by atoms with Crippen LogP contribution in [0.25, 0.3) is 0 Å². The molecule has 2 heterocycles. The zero-order valence-electron chi connectivity index (χ0n) is 11.3. The van der Waals surface area contributed by atoms with E-state index in [-0.39, 0.29) is 6.04 Å². The number of thiophene rings is 1. The molecule has 3 rings (SSSR count). The third-order valence-electron chi connectivity index (χ3n) is 3.66. The van der Waals surface area contributed by atoms with E-state index in [4.69, 9.17) is 11.6 Å². The highest BCUT2D eigenvalue weighted by Crippen LogP contribution is 2.36. The third-order valence-corrected chi connectivity index (χ3v) is 4.94. The van der Waals surface area contributed by atoms with Crippen LogP contribution in [0.4, 0.5) is 8.78 Å². The van der Waals surface area contributed by atoms with Gasteiger partial charge in [0.15, 0.2) is 11.6 Å². The zero-order chi connectivity index (χ0) is 14.8. The molecule has 1 aromatic heterocycles. The maximum absolute atomic E-state index is 14.3. The number of nitrogens with one attached hydrogen (secondary N) is 1. The Morgan fingerprint density at radius 3 is 2.57 bits per heavy atom. The smallest absolute Gasteiger partial charge is 0.163 e.